The van der Waals surface area contributed by atoms with E-state index in [1.54, 1.807) is 12.1 Å². The summed E-state index contributed by atoms with van der Waals surface area (Å²) < 4.78 is 3.65. The number of thioether (sulfide) groups is 1. The highest BCUT2D eigenvalue weighted by Gasteiger charge is 2.14. The van der Waals surface area contributed by atoms with Gasteiger partial charge in [-0.3, -0.25) is 4.68 Å². The average molecular weight is 420 g/mol. The van der Waals surface area contributed by atoms with Crippen LogP contribution in [0.5, 0.6) is 0 Å². The number of carboxylic acids is 1. The summed E-state index contributed by atoms with van der Waals surface area (Å²) in [5.74, 6) is -0.269. The van der Waals surface area contributed by atoms with E-state index >= 15 is 0 Å². The molecule has 20 heavy (non-hydrogen) atoms. The van der Waals surface area contributed by atoms with E-state index in [9.17, 15) is 9.90 Å². The minimum absolute atomic E-state index is 0.313. The minimum atomic E-state index is -0.916. The number of halogens is 2. The molecule has 0 spiro atoms. The lowest BCUT2D eigenvalue weighted by molar-refractivity contribution is 0.0693. The van der Waals surface area contributed by atoms with Crippen LogP contribution in [0.4, 0.5) is 0 Å². The summed E-state index contributed by atoms with van der Waals surface area (Å²) in [6.45, 7) is 1.93. The number of hydrogen-bond donors (Lipinski definition) is 1. The number of nitrogens with zero attached hydrogens (tertiary/aromatic N) is 2. The smallest absolute Gasteiger partial charge is 0.336 e. The minimum Gasteiger partial charge on any atom is -0.478 e. The van der Waals surface area contributed by atoms with Gasteiger partial charge in [-0.15, -0.1) is 11.8 Å². The lowest BCUT2D eigenvalue weighted by atomic mass is 10.2. The van der Waals surface area contributed by atoms with Gasteiger partial charge in [0.05, 0.1) is 21.4 Å². The highest BCUT2D eigenvalue weighted by atomic mass is 79.9. The Morgan fingerprint density at radius 1 is 1.45 bits per heavy atom. The van der Waals surface area contributed by atoms with Gasteiger partial charge in [-0.05, 0) is 41.1 Å². The summed E-state index contributed by atoms with van der Waals surface area (Å²) in [4.78, 5) is 12.0. The molecule has 0 amide bonds. The zero-order valence-electron chi connectivity index (χ0n) is 10.9. The maximum atomic E-state index is 11.2. The van der Waals surface area contributed by atoms with Crippen LogP contribution in [0.25, 0.3) is 0 Å². The fourth-order valence-corrected chi connectivity index (χ4v) is 4.09. The van der Waals surface area contributed by atoms with Gasteiger partial charge in [0.1, 0.15) is 0 Å². The van der Waals surface area contributed by atoms with Crippen molar-refractivity contribution in [2.75, 3.05) is 0 Å². The van der Waals surface area contributed by atoms with E-state index in [1.165, 1.54) is 11.8 Å². The topological polar surface area (TPSA) is 55.1 Å². The second-order valence-electron chi connectivity index (χ2n) is 4.20. The van der Waals surface area contributed by atoms with Crippen LogP contribution >= 0.6 is 43.6 Å². The van der Waals surface area contributed by atoms with Crippen molar-refractivity contribution in [1.82, 2.24) is 9.78 Å². The summed E-state index contributed by atoms with van der Waals surface area (Å²) in [6, 6.07) is 5.17. The van der Waals surface area contributed by atoms with Crippen LogP contribution < -0.4 is 0 Å². The monoisotopic (exact) mass is 418 g/mol. The van der Waals surface area contributed by atoms with E-state index in [-0.39, 0.29) is 0 Å². The van der Waals surface area contributed by atoms with Crippen molar-refractivity contribution in [1.29, 1.82) is 0 Å². The Morgan fingerprint density at radius 3 is 2.70 bits per heavy atom. The van der Waals surface area contributed by atoms with Gasteiger partial charge < -0.3 is 5.11 Å². The average Bonchev–Trinajstić information content (AvgIpc) is 2.61. The molecular weight excluding hydrogens is 408 g/mol. The first-order valence-corrected chi connectivity index (χ1v) is 8.31. The molecule has 0 fully saturated rings. The molecule has 0 aliphatic heterocycles. The quantitative estimate of drug-likeness (QED) is 0.752. The molecule has 2 aromatic rings. The first kappa shape index (κ1) is 15.6. The maximum absolute atomic E-state index is 11.2. The highest BCUT2D eigenvalue weighted by Crippen LogP contribution is 2.32. The molecule has 4 nitrogen and oxygen atoms in total. The summed E-state index contributed by atoms with van der Waals surface area (Å²) in [6.07, 6.45) is 0. The number of aryl methyl sites for hydroxylation is 2. The molecule has 7 heteroatoms. The van der Waals surface area contributed by atoms with Crippen LogP contribution in [0.3, 0.4) is 0 Å². The zero-order chi connectivity index (χ0) is 14.9. The van der Waals surface area contributed by atoms with Crippen LogP contribution in [0.1, 0.15) is 21.7 Å². The van der Waals surface area contributed by atoms with E-state index in [0.29, 0.717) is 11.3 Å². The Hall–Kier alpha value is -0.790. The van der Waals surface area contributed by atoms with Gasteiger partial charge in [0, 0.05) is 22.2 Å². The second-order valence-corrected chi connectivity index (χ2v) is 6.93. The van der Waals surface area contributed by atoms with Crippen LogP contribution in [0.15, 0.2) is 32.0 Å². The predicted molar refractivity (Wildman–Crippen MR) is 86.3 cm³/mol. The van der Waals surface area contributed by atoms with Crippen molar-refractivity contribution < 1.29 is 9.90 Å². The summed E-state index contributed by atoms with van der Waals surface area (Å²) >= 11 is 8.37. The molecule has 0 saturated heterocycles. The Bertz CT molecular complexity index is 671. The molecule has 106 valence electrons. The SMILES string of the molecule is Cc1nn(C)c(CSc2cc(Br)ccc2C(=O)O)c1Br. The Morgan fingerprint density at radius 2 is 2.15 bits per heavy atom. The van der Waals surface area contributed by atoms with E-state index in [1.807, 2.05) is 24.7 Å². The standard InChI is InChI=1S/C13H12Br2N2O2S/c1-7-12(15)10(17(2)16-7)6-20-11-5-8(14)3-4-9(11)13(18)19/h3-5H,6H2,1-2H3,(H,18,19). The van der Waals surface area contributed by atoms with Crippen LogP contribution in [-0.4, -0.2) is 20.9 Å². The molecule has 1 heterocycles. The van der Waals surface area contributed by atoms with Crippen LogP contribution in [0.2, 0.25) is 0 Å². The fraction of sp³-hybridized carbons (Fsp3) is 0.231. The van der Waals surface area contributed by atoms with Crippen molar-refractivity contribution in [3.05, 3.63) is 44.1 Å². The summed E-state index contributed by atoms with van der Waals surface area (Å²) in [5, 5.41) is 13.5. The molecule has 0 radical (unpaired) electrons. The number of aromatic nitrogens is 2. The summed E-state index contributed by atoms with van der Waals surface area (Å²) in [5.41, 5.74) is 2.27. The third-order valence-corrected chi connectivity index (χ3v) is 5.39. The molecular formula is C13H12Br2N2O2S. The molecule has 0 aliphatic carbocycles. The Kier molecular flexibility index (Phi) is 4.93. The number of rotatable bonds is 4. The normalized spacial score (nSPS) is 10.8. The first-order valence-electron chi connectivity index (χ1n) is 5.73. The molecule has 1 N–H and O–H groups in total. The molecule has 0 saturated carbocycles. The maximum Gasteiger partial charge on any atom is 0.336 e. The fourth-order valence-electron chi connectivity index (χ4n) is 1.78. The lowest BCUT2D eigenvalue weighted by Gasteiger charge is -2.07. The molecule has 0 aliphatic rings. The van der Waals surface area contributed by atoms with Gasteiger partial charge in [0.2, 0.25) is 0 Å². The van der Waals surface area contributed by atoms with E-state index in [0.717, 1.165) is 25.2 Å². The molecule has 0 unspecified atom stereocenters. The zero-order valence-corrected chi connectivity index (χ0v) is 14.8. The van der Waals surface area contributed by atoms with Gasteiger partial charge in [-0.1, -0.05) is 15.9 Å². The van der Waals surface area contributed by atoms with Gasteiger partial charge in [-0.2, -0.15) is 5.10 Å². The second kappa shape index (κ2) is 6.32. The van der Waals surface area contributed by atoms with Crippen molar-refractivity contribution in [2.24, 2.45) is 7.05 Å². The molecule has 1 aromatic heterocycles. The first-order chi connectivity index (χ1) is 9.40. The number of carboxylic acid groups (broad SMARTS) is 1. The molecule has 2 rings (SSSR count). The molecule has 0 bridgehead atoms. The van der Waals surface area contributed by atoms with Crippen molar-refractivity contribution >= 4 is 49.6 Å². The number of carbonyl (C=O) groups is 1. The van der Waals surface area contributed by atoms with Crippen LogP contribution in [-0.2, 0) is 12.8 Å². The van der Waals surface area contributed by atoms with Crippen LogP contribution in [0, 0.1) is 6.92 Å². The van der Waals surface area contributed by atoms with Crippen molar-refractivity contribution in [3.8, 4) is 0 Å². The molecule has 0 atom stereocenters. The van der Waals surface area contributed by atoms with Crippen molar-refractivity contribution in [2.45, 2.75) is 17.6 Å². The number of benzene rings is 1. The number of aromatic carboxylic acids is 1. The molecule has 1 aromatic carbocycles. The highest BCUT2D eigenvalue weighted by molar-refractivity contribution is 9.10. The lowest BCUT2D eigenvalue weighted by Crippen LogP contribution is -2.00. The van der Waals surface area contributed by atoms with E-state index in [2.05, 4.69) is 37.0 Å². The van der Waals surface area contributed by atoms with Gasteiger partial charge in [0.25, 0.3) is 0 Å². The Balaban J connectivity index is 2.27. The predicted octanol–water partition coefficient (Wildman–Crippen LogP) is 4.24. The van der Waals surface area contributed by atoms with E-state index in [4.69, 9.17) is 0 Å². The van der Waals surface area contributed by atoms with Gasteiger partial charge in [-0.25, -0.2) is 4.79 Å². The van der Waals surface area contributed by atoms with Gasteiger partial charge >= 0.3 is 5.97 Å². The third-order valence-electron chi connectivity index (χ3n) is 2.80. The third kappa shape index (κ3) is 3.27. The van der Waals surface area contributed by atoms with Crippen molar-refractivity contribution in [3.63, 3.8) is 0 Å². The number of hydrogen-bond acceptors (Lipinski definition) is 3. The summed E-state index contributed by atoms with van der Waals surface area (Å²) in [7, 11) is 1.88. The van der Waals surface area contributed by atoms with E-state index < -0.39 is 5.97 Å². The largest absolute Gasteiger partial charge is 0.478 e. The Labute approximate surface area is 137 Å². The van der Waals surface area contributed by atoms with Gasteiger partial charge in [0.15, 0.2) is 0 Å².